The molecule has 7 heteroatoms. The second kappa shape index (κ2) is 5.78. The first-order valence-electron chi connectivity index (χ1n) is 6.40. The predicted octanol–water partition coefficient (Wildman–Crippen LogP) is 3.56. The lowest BCUT2D eigenvalue weighted by atomic mass is 9.81. The Kier molecular flexibility index (Phi) is 4.27. The monoisotopic (exact) mass is 342 g/mol. The van der Waals surface area contributed by atoms with Gasteiger partial charge in [-0.05, 0) is 25.0 Å². The Labute approximate surface area is 124 Å². The Hall–Kier alpha value is -1.63. The van der Waals surface area contributed by atoms with Gasteiger partial charge in [0.2, 0.25) is 0 Å². The summed E-state index contributed by atoms with van der Waals surface area (Å²) in [6.07, 6.45) is 3.58. The first-order chi connectivity index (χ1) is 9.44. The summed E-state index contributed by atoms with van der Waals surface area (Å²) in [7, 11) is 0. The lowest BCUT2D eigenvalue weighted by Crippen LogP contribution is -2.48. The van der Waals surface area contributed by atoms with E-state index in [9.17, 15) is 20.0 Å². The Morgan fingerprint density at radius 1 is 1.35 bits per heavy atom. The number of hydrogen-bond donors (Lipinski definition) is 2. The number of anilines is 1. The molecular weight excluding hydrogens is 328 g/mol. The van der Waals surface area contributed by atoms with Gasteiger partial charge in [0.25, 0.3) is 5.69 Å². The van der Waals surface area contributed by atoms with Crippen LogP contribution < -0.4 is 5.32 Å². The number of carboxylic acids is 1. The number of rotatable bonds is 4. The fourth-order valence-corrected chi connectivity index (χ4v) is 2.92. The van der Waals surface area contributed by atoms with Gasteiger partial charge in [0.15, 0.2) is 0 Å². The fourth-order valence-electron chi connectivity index (χ4n) is 2.57. The molecule has 0 aromatic heterocycles. The maximum atomic E-state index is 11.6. The molecule has 6 nitrogen and oxygen atoms in total. The van der Waals surface area contributed by atoms with Gasteiger partial charge >= 0.3 is 5.97 Å². The molecule has 1 aliphatic rings. The molecule has 2 rings (SSSR count). The topological polar surface area (TPSA) is 92.5 Å². The van der Waals surface area contributed by atoms with Gasteiger partial charge in [-0.2, -0.15) is 0 Å². The molecule has 0 heterocycles. The predicted molar refractivity (Wildman–Crippen MR) is 77.9 cm³/mol. The summed E-state index contributed by atoms with van der Waals surface area (Å²) in [5.74, 6) is -0.950. The molecule has 0 unspecified atom stereocenters. The molecule has 0 spiro atoms. The van der Waals surface area contributed by atoms with Gasteiger partial charge < -0.3 is 10.4 Å². The minimum absolute atomic E-state index is 0.120. The SMILES string of the molecule is O=C(O)C1(Nc2ccc(Br)cc2[N+](=O)[O-])CCCCC1. The van der Waals surface area contributed by atoms with Gasteiger partial charge in [-0.25, -0.2) is 4.79 Å². The van der Waals surface area contributed by atoms with E-state index in [1.807, 2.05) is 0 Å². The van der Waals surface area contributed by atoms with Gasteiger partial charge in [0.05, 0.1) is 4.92 Å². The van der Waals surface area contributed by atoms with Gasteiger partial charge in [-0.3, -0.25) is 10.1 Å². The second-order valence-electron chi connectivity index (χ2n) is 4.99. The zero-order valence-corrected chi connectivity index (χ0v) is 12.4. The summed E-state index contributed by atoms with van der Waals surface area (Å²) in [6, 6.07) is 4.58. The second-order valence-corrected chi connectivity index (χ2v) is 5.91. The molecule has 0 atom stereocenters. The first kappa shape index (κ1) is 14.8. The first-order valence-corrected chi connectivity index (χ1v) is 7.19. The number of hydrogen-bond acceptors (Lipinski definition) is 4. The average Bonchev–Trinajstić information content (AvgIpc) is 2.41. The number of nitrogens with one attached hydrogen (secondary N) is 1. The van der Waals surface area contributed by atoms with Crippen molar-refractivity contribution in [3.8, 4) is 0 Å². The number of nitro groups is 1. The van der Waals surface area contributed by atoms with Crippen molar-refractivity contribution >= 4 is 33.3 Å². The van der Waals surface area contributed by atoms with Crippen molar-refractivity contribution in [2.24, 2.45) is 0 Å². The Morgan fingerprint density at radius 2 is 2.00 bits per heavy atom. The van der Waals surface area contributed by atoms with E-state index >= 15 is 0 Å². The van der Waals surface area contributed by atoms with E-state index in [0.717, 1.165) is 19.3 Å². The van der Waals surface area contributed by atoms with Crippen LogP contribution in [0.25, 0.3) is 0 Å². The summed E-state index contributed by atoms with van der Waals surface area (Å²) < 4.78 is 0.586. The minimum Gasteiger partial charge on any atom is -0.480 e. The molecule has 2 N–H and O–H groups in total. The molecule has 0 aliphatic heterocycles. The number of carboxylic acid groups (broad SMARTS) is 1. The minimum atomic E-state index is -1.10. The lowest BCUT2D eigenvalue weighted by molar-refractivity contribution is -0.384. The molecule has 0 bridgehead atoms. The number of benzene rings is 1. The number of carbonyl (C=O) groups is 1. The number of aliphatic carboxylic acids is 1. The Balaban J connectivity index is 2.36. The number of nitro benzene ring substituents is 1. The molecule has 1 saturated carbocycles. The van der Waals surface area contributed by atoms with Crippen LogP contribution in [0.2, 0.25) is 0 Å². The summed E-state index contributed by atoms with van der Waals surface area (Å²) in [5.41, 5.74) is -0.968. The highest BCUT2D eigenvalue weighted by atomic mass is 79.9. The van der Waals surface area contributed by atoms with Gasteiger partial charge in [0, 0.05) is 10.5 Å². The third-order valence-corrected chi connectivity index (χ3v) is 4.14. The third-order valence-electron chi connectivity index (χ3n) is 3.65. The van der Waals surface area contributed by atoms with E-state index in [1.54, 1.807) is 12.1 Å². The van der Waals surface area contributed by atoms with Crippen molar-refractivity contribution in [1.29, 1.82) is 0 Å². The zero-order chi connectivity index (χ0) is 14.8. The quantitative estimate of drug-likeness (QED) is 0.644. The molecule has 0 saturated heterocycles. The van der Waals surface area contributed by atoms with Crippen molar-refractivity contribution in [1.82, 2.24) is 0 Å². The van der Waals surface area contributed by atoms with Crippen LogP contribution in [-0.2, 0) is 4.79 Å². The molecule has 1 aliphatic carbocycles. The molecule has 108 valence electrons. The smallest absolute Gasteiger partial charge is 0.329 e. The van der Waals surface area contributed by atoms with Crippen LogP contribution in [0.5, 0.6) is 0 Å². The fraction of sp³-hybridized carbons (Fsp3) is 0.462. The average molecular weight is 343 g/mol. The summed E-state index contributed by atoms with van der Waals surface area (Å²) in [4.78, 5) is 22.2. The highest BCUT2D eigenvalue weighted by Crippen LogP contribution is 2.36. The van der Waals surface area contributed by atoms with Crippen LogP contribution in [0.15, 0.2) is 22.7 Å². The summed E-state index contributed by atoms with van der Waals surface area (Å²) >= 11 is 3.18. The number of nitrogens with zero attached hydrogens (tertiary/aromatic N) is 1. The Morgan fingerprint density at radius 3 is 2.55 bits per heavy atom. The van der Waals surface area contributed by atoms with Crippen molar-refractivity contribution in [3.63, 3.8) is 0 Å². The molecule has 0 amide bonds. The van der Waals surface area contributed by atoms with Crippen molar-refractivity contribution in [2.45, 2.75) is 37.6 Å². The van der Waals surface area contributed by atoms with E-state index < -0.39 is 16.4 Å². The Bertz CT molecular complexity index is 541. The summed E-state index contributed by atoms with van der Waals surface area (Å²) in [5, 5.41) is 23.5. The molecule has 1 aromatic rings. The third kappa shape index (κ3) is 2.92. The summed E-state index contributed by atoms with van der Waals surface area (Å²) in [6.45, 7) is 0. The molecule has 0 radical (unpaired) electrons. The van der Waals surface area contributed by atoms with Crippen molar-refractivity contribution in [3.05, 3.63) is 32.8 Å². The van der Waals surface area contributed by atoms with E-state index in [2.05, 4.69) is 21.2 Å². The van der Waals surface area contributed by atoms with Crippen LogP contribution in [-0.4, -0.2) is 21.5 Å². The van der Waals surface area contributed by atoms with Crippen LogP contribution in [0.4, 0.5) is 11.4 Å². The van der Waals surface area contributed by atoms with E-state index in [0.29, 0.717) is 17.3 Å². The van der Waals surface area contributed by atoms with Gasteiger partial charge in [-0.15, -0.1) is 0 Å². The van der Waals surface area contributed by atoms with Crippen LogP contribution in [0.1, 0.15) is 32.1 Å². The van der Waals surface area contributed by atoms with E-state index in [-0.39, 0.29) is 11.4 Å². The highest BCUT2D eigenvalue weighted by Gasteiger charge is 2.40. The van der Waals surface area contributed by atoms with Crippen molar-refractivity contribution in [2.75, 3.05) is 5.32 Å². The zero-order valence-electron chi connectivity index (χ0n) is 10.8. The number of halogens is 1. The maximum Gasteiger partial charge on any atom is 0.329 e. The molecular formula is C13H15BrN2O4. The van der Waals surface area contributed by atoms with Crippen LogP contribution in [0, 0.1) is 10.1 Å². The normalized spacial score (nSPS) is 17.4. The highest BCUT2D eigenvalue weighted by molar-refractivity contribution is 9.10. The standard InChI is InChI=1S/C13H15BrN2O4/c14-9-4-5-10(11(8-9)16(19)20)15-13(12(17)18)6-2-1-3-7-13/h4-5,8,15H,1-3,6-7H2,(H,17,18). The molecule has 1 aromatic carbocycles. The maximum absolute atomic E-state index is 11.6. The molecule has 20 heavy (non-hydrogen) atoms. The van der Waals surface area contributed by atoms with E-state index in [4.69, 9.17) is 0 Å². The lowest BCUT2D eigenvalue weighted by Gasteiger charge is -2.34. The molecule has 1 fully saturated rings. The van der Waals surface area contributed by atoms with Gasteiger partial charge in [-0.1, -0.05) is 35.2 Å². The van der Waals surface area contributed by atoms with Gasteiger partial charge in [0.1, 0.15) is 11.2 Å². The van der Waals surface area contributed by atoms with E-state index in [1.165, 1.54) is 6.07 Å². The van der Waals surface area contributed by atoms with Crippen molar-refractivity contribution < 1.29 is 14.8 Å². The largest absolute Gasteiger partial charge is 0.480 e. The van der Waals surface area contributed by atoms with Crippen LogP contribution in [0.3, 0.4) is 0 Å². The van der Waals surface area contributed by atoms with Crippen LogP contribution >= 0.6 is 15.9 Å².